The molecule has 1 aliphatic rings. The Balaban J connectivity index is 2.63. The number of aliphatic hydroxyl groups excluding tert-OH is 4. The molecule has 0 amide bonds. The molecule has 0 saturated heterocycles. The van der Waals surface area contributed by atoms with Gasteiger partial charge in [-0.15, -0.1) is 0 Å². The van der Waals surface area contributed by atoms with Gasteiger partial charge in [0.25, 0.3) is 0 Å². The van der Waals surface area contributed by atoms with Gasteiger partial charge in [-0.25, -0.2) is 0 Å². The van der Waals surface area contributed by atoms with Crippen molar-refractivity contribution in [3.05, 3.63) is 0 Å². The van der Waals surface area contributed by atoms with Crippen LogP contribution in [0.25, 0.3) is 0 Å². The zero-order valence-corrected chi connectivity index (χ0v) is 6.67. The van der Waals surface area contributed by atoms with Crippen LogP contribution in [0, 0.1) is 5.92 Å². The van der Waals surface area contributed by atoms with Crippen LogP contribution in [-0.4, -0.2) is 51.4 Å². The topological polar surface area (TPSA) is 107 Å². The third kappa shape index (κ3) is 1.60. The van der Waals surface area contributed by atoms with Crippen molar-refractivity contribution < 1.29 is 20.4 Å². The van der Waals surface area contributed by atoms with Crippen molar-refractivity contribution in [2.75, 3.05) is 6.61 Å². The van der Waals surface area contributed by atoms with E-state index in [4.69, 9.17) is 10.8 Å². The van der Waals surface area contributed by atoms with Crippen LogP contribution in [0.15, 0.2) is 0 Å². The van der Waals surface area contributed by atoms with Gasteiger partial charge in [0.15, 0.2) is 0 Å². The summed E-state index contributed by atoms with van der Waals surface area (Å²) in [6.45, 7) is -0.248. The Morgan fingerprint density at radius 3 is 2.25 bits per heavy atom. The third-order valence-electron chi connectivity index (χ3n) is 2.45. The molecule has 72 valence electrons. The first-order valence-corrected chi connectivity index (χ1v) is 3.98. The normalized spacial score (nSPS) is 49.2. The molecule has 0 aromatic rings. The maximum atomic E-state index is 9.32. The van der Waals surface area contributed by atoms with Crippen LogP contribution in [0.3, 0.4) is 0 Å². The van der Waals surface area contributed by atoms with E-state index in [-0.39, 0.29) is 13.0 Å². The Hall–Kier alpha value is -0.200. The molecule has 5 atom stereocenters. The van der Waals surface area contributed by atoms with Crippen molar-refractivity contribution in [1.82, 2.24) is 0 Å². The second-order valence-corrected chi connectivity index (χ2v) is 3.30. The fraction of sp³-hybridized carbons (Fsp3) is 1.00. The van der Waals surface area contributed by atoms with Crippen LogP contribution >= 0.6 is 0 Å². The monoisotopic (exact) mass is 177 g/mol. The molecule has 5 heteroatoms. The second-order valence-electron chi connectivity index (χ2n) is 3.30. The average molecular weight is 177 g/mol. The van der Waals surface area contributed by atoms with E-state index in [1.54, 1.807) is 0 Å². The summed E-state index contributed by atoms with van der Waals surface area (Å²) < 4.78 is 0. The van der Waals surface area contributed by atoms with Gasteiger partial charge in [-0.05, 0) is 6.42 Å². The predicted molar refractivity (Wildman–Crippen MR) is 41.2 cm³/mol. The molecule has 0 aromatic carbocycles. The molecule has 1 rings (SSSR count). The van der Waals surface area contributed by atoms with E-state index < -0.39 is 30.3 Å². The highest BCUT2D eigenvalue weighted by Gasteiger charge is 2.40. The average Bonchev–Trinajstić information content (AvgIpc) is 2.08. The highest BCUT2D eigenvalue weighted by Crippen LogP contribution is 2.24. The molecule has 0 heterocycles. The molecule has 5 unspecified atom stereocenters. The van der Waals surface area contributed by atoms with E-state index in [2.05, 4.69) is 0 Å². The highest BCUT2D eigenvalue weighted by atomic mass is 16.3. The lowest BCUT2D eigenvalue weighted by Gasteiger charge is -2.38. The number of hydrogen-bond acceptors (Lipinski definition) is 5. The molecule has 1 aliphatic carbocycles. The number of aliphatic hydroxyl groups is 4. The lowest BCUT2D eigenvalue weighted by atomic mass is 9.80. The van der Waals surface area contributed by atoms with Crippen molar-refractivity contribution in [2.24, 2.45) is 11.7 Å². The predicted octanol–water partition coefficient (Wildman–Crippen LogP) is -2.59. The Kier molecular flexibility index (Phi) is 3.03. The van der Waals surface area contributed by atoms with Crippen molar-refractivity contribution in [2.45, 2.75) is 30.8 Å². The first-order valence-electron chi connectivity index (χ1n) is 3.98. The SMILES string of the molecule is NC1C(O)CC(CO)C(O)C1O. The number of hydrogen-bond donors (Lipinski definition) is 5. The lowest BCUT2D eigenvalue weighted by molar-refractivity contribution is -0.106. The Labute approximate surface area is 70.4 Å². The molecule has 0 aliphatic heterocycles. The van der Waals surface area contributed by atoms with Crippen molar-refractivity contribution >= 4 is 0 Å². The molecule has 0 radical (unpaired) electrons. The van der Waals surface area contributed by atoms with Crippen LogP contribution in [0.4, 0.5) is 0 Å². The first-order chi connectivity index (χ1) is 5.57. The Morgan fingerprint density at radius 1 is 1.17 bits per heavy atom. The minimum atomic E-state index is -1.15. The lowest BCUT2D eigenvalue weighted by Crippen LogP contribution is -2.58. The van der Waals surface area contributed by atoms with Crippen LogP contribution in [0.5, 0.6) is 0 Å². The van der Waals surface area contributed by atoms with Crippen LogP contribution < -0.4 is 5.73 Å². The molecule has 0 bridgehead atoms. The van der Waals surface area contributed by atoms with Gasteiger partial charge in [-0.2, -0.15) is 0 Å². The summed E-state index contributed by atoms with van der Waals surface area (Å²) in [7, 11) is 0. The van der Waals surface area contributed by atoms with E-state index in [0.29, 0.717) is 0 Å². The summed E-state index contributed by atoms with van der Waals surface area (Å²) in [5, 5.41) is 36.6. The maximum Gasteiger partial charge on any atom is 0.0978 e. The molecular formula is C7H15NO4. The van der Waals surface area contributed by atoms with Crippen molar-refractivity contribution in [3.63, 3.8) is 0 Å². The Bertz CT molecular complexity index is 150. The second kappa shape index (κ2) is 3.68. The van der Waals surface area contributed by atoms with Crippen molar-refractivity contribution in [3.8, 4) is 0 Å². The fourth-order valence-electron chi connectivity index (χ4n) is 1.52. The van der Waals surface area contributed by atoms with Crippen molar-refractivity contribution in [1.29, 1.82) is 0 Å². The Morgan fingerprint density at radius 2 is 1.75 bits per heavy atom. The van der Waals surface area contributed by atoms with E-state index >= 15 is 0 Å². The summed E-state index contributed by atoms with van der Waals surface area (Å²) in [5.74, 6) is -0.477. The van der Waals surface area contributed by atoms with Crippen LogP contribution in [0.2, 0.25) is 0 Å². The molecule has 1 saturated carbocycles. The van der Waals surface area contributed by atoms with Gasteiger partial charge < -0.3 is 26.2 Å². The van der Waals surface area contributed by atoms with Gasteiger partial charge in [0, 0.05) is 12.5 Å². The van der Waals surface area contributed by atoms with Gasteiger partial charge in [0.2, 0.25) is 0 Å². The maximum absolute atomic E-state index is 9.32. The summed E-state index contributed by atoms with van der Waals surface area (Å²) >= 11 is 0. The summed E-state index contributed by atoms with van der Waals surface area (Å²) in [4.78, 5) is 0. The van der Waals surface area contributed by atoms with Gasteiger partial charge >= 0.3 is 0 Å². The summed E-state index contributed by atoms with van der Waals surface area (Å²) in [6.07, 6.45) is -2.80. The largest absolute Gasteiger partial charge is 0.396 e. The zero-order valence-electron chi connectivity index (χ0n) is 6.67. The molecule has 12 heavy (non-hydrogen) atoms. The minimum Gasteiger partial charge on any atom is -0.396 e. The number of rotatable bonds is 1. The van der Waals surface area contributed by atoms with Gasteiger partial charge in [-0.1, -0.05) is 0 Å². The minimum absolute atomic E-state index is 0.232. The van der Waals surface area contributed by atoms with E-state index in [0.717, 1.165) is 0 Å². The third-order valence-corrected chi connectivity index (χ3v) is 2.45. The van der Waals surface area contributed by atoms with E-state index in [1.807, 2.05) is 0 Å². The smallest absolute Gasteiger partial charge is 0.0978 e. The van der Waals surface area contributed by atoms with Gasteiger partial charge in [0.1, 0.15) is 0 Å². The quantitative estimate of drug-likeness (QED) is 0.302. The zero-order chi connectivity index (χ0) is 9.30. The van der Waals surface area contributed by atoms with Crippen LogP contribution in [-0.2, 0) is 0 Å². The molecule has 5 nitrogen and oxygen atoms in total. The summed E-state index contributed by atoms with van der Waals surface area (Å²) in [6, 6.07) is -0.817. The standard InChI is InChI=1S/C7H15NO4/c8-5-4(10)1-3(2-9)6(11)7(5)12/h3-7,9-12H,1-2,8H2. The van der Waals surface area contributed by atoms with Gasteiger partial charge in [-0.3, -0.25) is 0 Å². The van der Waals surface area contributed by atoms with E-state index in [1.165, 1.54) is 0 Å². The molecular weight excluding hydrogens is 162 g/mol. The molecule has 0 aromatic heterocycles. The number of nitrogens with two attached hydrogens (primary N) is 1. The molecule has 6 N–H and O–H groups in total. The van der Waals surface area contributed by atoms with Crippen LogP contribution in [0.1, 0.15) is 6.42 Å². The highest BCUT2D eigenvalue weighted by molar-refractivity contribution is 4.94. The fourth-order valence-corrected chi connectivity index (χ4v) is 1.52. The van der Waals surface area contributed by atoms with E-state index in [9.17, 15) is 15.3 Å². The molecule has 0 spiro atoms. The van der Waals surface area contributed by atoms with Gasteiger partial charge in [0.05, 0.1) is 24.4 Å². The summed E-state index contributed by atoms with van der Waals surface area (Å²) in [5.41, 5.74) is 5.39. The first kappa shape index (κ1) is 9.88. The molecule has 1 fully saturated rings.